The van der Waals surface area contributed by atoms with Crippen LogP contribution in [0.25, 0.3) is 0 Å². The van der Waals surface area contributed by atoms with E-state index < -0.39 is 6.04 Å². The van der Waals surface area contributed by atoms with Crippen LogP contribution >= 0.6 is 23.7 Å². The molecule has 134 valence electrons. The fraction of sp³-hybridized carbons (Fsp3) is 0.467. The van der Waals surface area contributed by atoms with E-state index in [1.807, 2.05) is 0 Å². The highest BCUT2D eigenvalue weighted by Crippen LogP contribution is 2.24. The summed E-state index contributed by atoms with van der Waals surface area (Å²) < 4.78 is 0. The van der Waals surface area contributed by atoms with Crippen LogP contribution in [-0.4, -0.2) is 51.0 Å². The van der Waals surface area contributed by atoms with E-state index in [2.05, 4.69) is 25.8 Å². The summed E-state index contributed by atoms with van der Waals surface area (Å²) in [5, 5.41) is 15.6. The topological polar surface area (TPSA) is 103 Å². The smallest absolute Gasteiger partial charge is 0.275 e. The number of H-pyrrole nitrogens is 1. The Morgan fingerprint density at radius 2 is 2.28 bits per heavy atom. The van der Waals surface area contributed by atoms with Crippen LogP contribution in [0, 0.1) is 0 Å². The van der Waals surface area contributed by atoms with Gasteiger partial charge in [-0.15, -0.1) is 23.7 Å². The van der Waals surface area contributed by atoms with Gasteiger partial charge in [0.15, 0.2) is 10.8 Å². The van der Waals surface area contributed by atoms with Gasteiger partial charge in [0.2, 0.25) is 5.91 Å². The van der Waals surface area contributed by atoms with Gasteiger partial charge in [-0.05, 0) is 12.8 Å². The number of nitrogens with zero attached hydrogens (tertiary/aromatic N) is 3. The Hall–Kier alpha value is -1.97. The largest absolute Gasteiger partial charge is 0.325 e. The fourth-order valence-corrected chi connectivity index (χ4v) is 3.83. The third kappa shape index (κ3) is 3.39. The van der Waals surface area contributed by atoms with Gasteiger partial charge in [0, 0.05) is 48.9 Å². The first-order chi connectivity index (χ1) is 11.7. The van der Waals surface area contributed by atoms with Crippen molar-refractivity contribution in [2.45, 2.75) is 31.8 Å². The normalized spacial score (nSPS) is 19.2. The van der Waals surface area contributed by atoms with E-state index in [-0.39, 0.29) is 24.2 Å². The summed E-state index contributed by atoms with van der Waals surface area (Å²) in [5.41, 5.74) is 2.38. The number of fused-ring (bicyclic) bond motifs is 1. The Morgan fingerprint density at radius 3 is 3.08 bits per heavy atom. The van der Waals surface area contributed by atoms with E-state index in [0.29, 0.717) is 30.3 Å². The molecule has 4 rings (SSSR count). The van der Waals surface area contributed by atoms with Crippen LogP contribution in [0.15, 0.2) is 11.6 Å². The summed E-state index contributed by atoms with van der Waals surface area (Å²) in [6.45, 7) is 2.09. The van der Waals surface area contributed by atoms with E-state index >= 15 is 0 Å². The molecular formula is C15H19ClN6O2S. The molecule has 0 aromatic carbocycles. The molecule has 1 fully saturated rings. The molecule has 3 N–H and O–H groups in total. The maximum atomic E-state index is 12.9. The van der Waals surface area contributed by atoms with Gasteiger partial charge in [-0.25, -0.2) is 4.98 Å². The van der Waals surface area contributed by atoms with Gasteiger partial charge in [0.25, 0.3) is 5.91 Å². The lowest BCUT2D eigenvalue weighted by Gasteiger charge is -2.23. The predicted octanol–water partition coefficient (Wildman–Crippen LogP) is 1.18. The molecule has 2 amide bonds. The Labute approximate surface area is 154 Å². The molecule has 25 heavy (non-hydrogen) atoms. The second kappa shape index (κ2) is 7.51. The maximum absolute atomic E-state index is 12.9. The first kappa shape index (κ1) is 17.8. The number of likely N-dealkylation sites (tertiary alicyclic amines) is 1. The first-order valence-electron chi connectivity index (χ1n) is 8.02. The summed E-state index contributed by atoms with van der Waals surface area (Å²) in [5.74, 6) is -0.355. The average Bonchev–Trinajstić information content (AvgIpc) is 3.34. The molecule has 0 spiro atoms. The highest BCUT2D eigenvalue weighted by molar-refractivity contribution is 7.13. The number of thiazole rings is 1. The summed E-state index contributed by atoms with van der Waals surface area (Å²) in [6.07, 6.45) is 3.95. The molecular weight excluding hydrogens is 364 g/mol. The number of amides is 2. The molecule has 0 bridgehead atoms. The van der Waals surface area contributed by atoms with Crippen LogP contribution in [0.5, 0.6) is 0 Å². The van der Waals surface area contributed by atoms with Crippen molar-refractivity contribution in [2.75, 3.05) is 18.4 Å². The lowest BCUT2D eigenvalue weighted by Crippen LogP contribution is -2.43. The van der Waals surface area contributed by atoms with Gasteiger partial charge in [0.05, 0.1) is 0 Å². The molecule has 2 aromatic heterocycles. The molecule has 10 heteroatoms. The molecule has 1 unspecified atom stereocenters. The van der Waals surface area contributed by atoms with Crippen molar-refractivity contribution in [1.29, 1.82) is 0 Å². The molecule has 0 aliphatic carbocycles. The van der Waals surface area contributed by atoms with E-state index in [1.165, 1.54) is 11.3 Å². The Morgan fingerprint density at radius 1 is 1.40 bits per heavy atom. The number of aromatic amines is 1. The van der Waals surface area contributed by atoms with Crippen molar-refractivity contribution in [3.63, 3.8) is 0 Å². The third-order valence-corrected chi connectivity index (χ3v) is 5.18. The monoisotopic (exact) mass is 382 g/mol. The minimum absolute atomic E-state index is 0. The minimum atomic E-state index is -0.467. The molecule has 2 aliphatic rings. The van der Waals surface area contributed by atoms with Gasteiger partial charge >= 0.3 is 0 Å². The average molecular weight is 383 g/mol. The molecule has 0 radical (unpaired) electrons. The predicted molar refractivity (Wildman–Crippen MR) is 96.0 cm³/mol. The van der Waals surface area contributed by atoms with Crippen molar-refractivity contribution >= 4 is 40.7 Å². The molecule has 2 aliphatic heterocycles. The van der Waals surface area contributed by atoms with E-state index in [0.717, 1.165) is 30.6 Å². The number of aromatic nitrogens is 3. The summed E-state index contributed by atoms with van der Waals surface area (Å²) in [7, 11) is 0. The van der Waals surface area contributed by atoms with Crippen LogP contribution in [0.2, 0.25) is 0 Å². The number of rotatable bonds is 3. The first-order valence-corrected chi connectivity index (χ1v) is 8.90. The van der Waals surface area contributed by atoms with Crippen molar-refractivity contribution in [2.24, 2.45) is 0 Å². The van der Waals surface area contributed by atoms with E-state index in [1.54, 1.807) is 16.5 Å². The Bertz CT molecular complexity index is 762. The van der Waals surface area contributed by atoms with Crippen LogP contribution < -0.4 is 10.6 Å². The van der Waals surface area contributed by atoms with Crippen LogP contribution in [0.4, 0.5) is 5.13 Å². The summed E-state index contributed by atoms with van der Waals surface area (Å²) >= 11 is 1.36. The van der Waals surface area contributed by atoms with Crippen molar-refractivity contribution < 1.29 is 9.59 Å². The van der Waals surface area contributed by atoms with Crippen LogP contribution in [0.1, 0.15) is 34.6 Å². The zero-order chi connectivity index (χ0) is 16.5. The number of hydrogen-bond donors (Lipinski definition) is 3. The maximum Gasteiger partial charge on any atom is 0.275 e. The Balaban J connectivity index is 0.00000182. The quantitative estimate of drug-likeness (QED) is 0.739. The van der Waals surface area contributed by atoms with Crippen molar-refractivity contribution in [1.82, 2.24) is 25.4 Å². The third-order valence-electron chi connectivity index (χ3n) is 4.49. The van der Waals surface area contributed by atoms with Gasteiger partial charge in [-0.3, -0.25) is 14.7 Å². The molecule has 2 aromatic rings. The Kier molecular flexibility index (Phi) is 5.36. The van der Waals surface area contributed by atoms with Gasteiger partial charge < -0.3 is 15.5 Å². The lowest BCUT2D eigenvalue weighted by atomic mass is 10.1. The van der Waals surface area contributed by atoms with Gasteiger partial charge in [-0.1, -0.05) is 0 Å². The molecule has 0 saturated carbocycles. The number of carbonyl (C=O) groups is 2. The standard InChI is InChI=1S/C15H18N6O2S.ClH/c22-13(18-15-17-5-7-24-15)11-2-1-6-21(11)14(23)12-9-8-16-4-3-10(9)19-20-12;/h5,7,11,16H,1-4,6,8H2,(H,19,20)(H,17,18,22);1H. The lowest BCUT2D eigenvalue weighted by molar-refractivity contribution is -0.119. The number of halogens is 1. The second-order valence-corrected chi connectivity index (χ2v) is 6.83. The SMILES string of the molecule is Cl.O=C(Nc1nccs1)C1CCCN1C(=O)c1n[nH]c2c1CNCC2. The fourth-order valence-electron chi connectivity index (χ4n) is 3.29. The minimum Gasteiger partial charge on any atom is -0.325 e. The zero-order valence-corrected chi connectivity index (χ0v) is 15.1. The van der Waals surface area contributed by atoms with Gasteiger partial charge in [-0.2, -0.15) is 5.10 Å². The number of anilines is 1. The van der Waals surface area contributed by atoms with Crippen molar-refractivity contribution in [3.05, 3.63) is 28.5 Å². The highest BCUT2D eigenvalue weighted by Gasteiger charge is 2.37. The number of carbonyl (C=O) groups excluding carboxylic acids is 2. The zero-order valence-electron chi connectivity index (χ0n) is 13.4. The highest BCUT2D eigenvalue weighted by atomic mass is 35.5. The second-order valence-electron chi connectivity index (χ2n) is 5.94. The van der Waals surface area contributed by atoms with Gasteiger partial charge in [0.1, 0.15) is 6.04 Å². The van der Waals surface area contributed by atoms with Crippen molar-refractivity contribution in [3.8, 4) is 0 Å². The number of nitrogens with one attached hydrogen (secondary N) is 3. The molecule has 8 nitrogen and oxygen atoms in total. The van der Waals surface area contributed by atoms with Crippen LogP contribution in [-0.2, 0) is 17.8 Å². The molecule has 1 saturated heterocycles. The van der Waals surface area contributed by atoms with Crippen LogP contribution in [0.3, 0.4) is 0 Å². The molecule has 1 atom stereocenters. The summed E-state index contributed by atoms with van der Waals surface area (Å²) in [4.78, 5) is 31.1. The van der Waals surface area contributed by atoms with E-state index in [9.17, 15) is 9.59 Å². The van der Waals surface area contributed by atoms with E-state index in [4.69, 9.17) is 0 Å². The summed E-state index contributed by atoms with van der Waals surface area (Å²) in [6, 6.07) is -0.467. The number of hydrogen-bond acceptors (Lipinski definition) is 6. The molecule has 4 heterocycles.